The highest BCUT2D eigenvalue weighted by atomic mass is 32.2. The van der Waals surface area contributed by atoms with Gasteiger partial charge >= 0.3 is 0 Å². The van der Waals surface area contributed by atoms with Crippen molar-refractivity contribution in [1.29, 1.82) is 0 Å². The highest BCUT2D eigenvalue weighted by Crippen LogP contribution is 2.34. The Kier molecular flexibility index (Phi) is 6.85. The minimum Gasteiger partial charge on any atom is -0.495 e. The Hall–Kier alpha value is -3.11. The third-order valence-corrected chi connectivity index (χ3v) is 7.12. The van der Waals surface area contributed by atoms with Crippen LogP contribution < -0.4 is 19.7 Å². The standard InChI is InChI=1S/C23H27N3O6S/c1-31-21-11-10-17(14-20(21)26-12-4-9-22(26)27)33(29,30)25-19-8-3-2-7-18(19)23(28)24-15-16-6-5-13-32-16/h2-3,7-8,10-11,14,16,25H,4-6,9,12-13,15H2,1H3,(H,24,28). The van der Waals surface area contributed by atoms with E-state index in [0.717, 1.165) is 12.8 Å². The van der Waals surface area contributed by atoms with Crippen LogP contribution in [0.25, 0.3) is 0 Å². The Bertz CT molecular complexity index is 1140. The van der Waals surface area contributed by atoms with E-state index in [0.29, 0.717) is 44.0 Å². The molecule has 0 spiro atoms. The van der Waals surface area contributed by atoms with E-state index in [1.807, 2.05) is 0 Å². The fourth-order valence-corrected chi connectivity index (χ4v) is 5.13. The summed E-state index contributed by atoms with van der Waals surface area (Å²) < 4.78 is 39.7. The van der Waals surface area contributed by atoms with E-state index in [2.05, 4.69) is 10.0 Å². The smallest absolute Gasteiger partial charge is 0.261 e. The molecule has 2 aromatic rings. The fraction of sp³-hybridized carbons (Fsp3) is 0.391. The quantitative estimate of drug-likeness (QED) is 0.609. The van der Waals surface area contributed by atoms with E-state index in [1.165, 1.54) is 36.3 Å². The maximum atomic E-state index is 13.2. The average molecular weight is 474 g/mol. The van der Waals surface area contributed by atoms with Crippen LogP contribution in [0.3, 0.4) is 0 Å². The number of ether oxygens (including phenoxy) is 2. The first kappa shape index (κ1) is 23.1. The van der Waals surface area contributed by atoms with Gasteiger partial charge in [0, 0.05) is 26.1 Å². The van der Waals surface area contributed by atoms with Crippen molar-refractivity contribution < 1.29 is 27.5 Å². The lowest BCUT2D eigenvalue weighted by atomic mass is 10.1. The third-order valence-electron chi connectivity index (χ3n) is 5.76. The molecule has 0 aliphatic carbocycles. The number of sulfonamides is 1. The second kappa shape index (κ2) is 9.80. The van der Waals surface area contributed by atoms with Crippen LogP contribution in [0.2, 0.25) is 0 Å². The van der Waals surface area contributed by atoms with Gasteiger partial charge in [-0.05, 0) is 49.6 Å². The molecule has 0 saturated carbocycles. The lowest BCUT2D eigenvalue weighted by Gasteiger charge is -2.20. The molecule has 4 rings (SSSR count). The molecular formula is C23H27N3O6S. The van der Waals surface area contributed by atoms with Crippen LogP contribution in [0.4, 0.5) is 11.4 Å². The van der Waals surface area contributed by atoms with Crippen LogP contribution in [0.15, 0.2) is 47.4 Å². The van der Waals surface area contributed by atoms with Crippen molar-refractivity contribution in [2.24, 2.45) is 0 Å². The van der Waals surface area contributed by atoms with Crippen LogP contribution >= 0.6 is 0 Å². The monoisotopic (exact) mass is 473 g/mol. The number of nitrogens with zero attached hydrogens (tertiary/aromatic N) is 1. The molecule has 2 saturated heterocycles. The number of amides is 2. The highest BCUT2D eigenvalue weighted by molar-refractivity contribution is 7.92. The minimum absolute atomic E-state index is 0.0242. The second-order valence-electron chi connectivity index (χ2n) is 7.98. The van der Waals surface area contributed by atoms with Gasteiger partial charge in [-0.25, -0.2) is 8.42 Å². The first-order valence-electron chi connectivity index (χ1n) is 10.9. The van der Waals surface area contributed by atoms with E-state index in [-0.39, 0.29) is 34.1 Å². The molecule has 33 heavy (non-hydrogen) atoms. The van der Waals surface area contributed by atoms with Crippen LogP contribution in [-0.4, -0.2) is 53.1 Å². The molecule has 0 bridgehead atoms. The number of rotatable bonds is 8. The summed E-state index contributed by atoms with van der Waals surface area (Å²) in [5, 5.41) is 2.81. The summed E-state index contributed by atoms with van der Waals surface area (Å²) in [6.07, 6.45) is 2.93. The zero-order valence-electron chi connectivity index (χ0n) is 18.4. The van der Waals surface area contributed by atoms with Gasteiger partial charge in [-0.2, -0.15) is 0 Å². The molecule has 2 amide bonds. The molecule has 2 fully saturated rings. The molecule has 1 atom stereocenters. The van der Waals surface area contributed by atoms with E-state index < -0.39 is 10.0 Å². The van der Waals surface area contributed by atoms with Crippen LogP contribution in [-0.2, 0) is 19.6 Å². The summed E-state index contributed by atoms with van der Waals surface area (Å²) in [7, 11) is -2.57. The number of para-hydroxylation sites is 1. The molecule has 10 heteroatoms. The predicted molar refractivity (Wildman–Crippen MR) is 123 cm³/mol. The van der Waals surface area contributed by atoms with Gasteiger partial charge in [-0.3, -0.25) is 14.3 Å². The van der Waals surface area contributed by atoms with Crippen molar-refractivity contribution in [2.45, 2.75) is 36.7 Å². The predicted octanol–water partition coefficient (Wildman–Crippen LogP) is 2.53. The highest BCUT2D eigenvalue weighted by Gasteiger charge is 2.27. The van der Waals surface area contributed by atoms with Gasteiger partial charge in [0.2, 0.25) is 5.91 Å². The first-order valence-corrected chi connectivity index (χ1v) is 12.4. The molecule has 9 nitrogen and oxygen atoms in total. The van der Waals surface area contributed by atoms with Crippen molar-refractivity contribution in [2.75, 3.05) is 36.4 Å². The second-order valence-corrected chi connectivity index (χ2v) is 9.66. The minimum atomic E-state index is -4.04. The molecule has 1 unspecified atom stereocenters. The zero-order chi connectivity index (χ0) is 23.4. The summed E-state index contributed by atoms with van der Waals surface area (Å²) in [6, 6.07) is 10.8. The zero-order valence-corrected chi connectivity index (χ0v) is 19.2. The number of hydrogen-bond donors (Lipinski definition) is 2. The summed E-state index contributed by atoms with van der Waals surface area (Å²) in [5.74, 6) is -0.0518. The molecule has 2 aliphatic heterocycles. The molecule has 176 valence electrons. The molecule has 2 aliphatic rings. The van der Waals surface area contributed by atoms with Crippen LogP contribution in [0.1, 0.15) is 36.0 Å². The molecular weight excluding hydrogens is 446 g/mol. The summed E-state index contributed by atoms with van der Waals surface area (Å²) >= 11 is 0. The molecule has 0 aromatic heterocycles. The van der Waals surface area contributed by atoms with Crippen LogP contribution in [0.5, 0.6) is 5.75 Å². The number of benzene rings is 2. The van der Waals surface area contributed by atoms with E-state index in [1.54, 1.807) is 18.2 Å². The molecule has 0 radical (unpaired) electrons. The van der Waals surface area contributed by atoms with Gasteiger partial charge in [-0.1, -0.05) is 12.1 Å². The number of anilines is 2. The number of carbonyl (C=O) groups excluding carboxylic acids is 2. The Balaban J connectivity index is 1.57. The maximum absolute atomic E-state index is 13.2. The van der Waals surface area contributed by atoms with E-state index in [9.17, 15) is 18.0 Å². The number of hydrogen-bond acceptors (Lipinski definition) is 6. The van der Waals surface area contributed by atoms with Crippen molar-refractivity contribution in [3.8, 4) is 5.75 Å². The summed E-state index contributed by atoms with van der Waals surface area (Å²) in [5.41, 5.74) is 0.782. The summed E-state index contributed by atoms with van der Waals surface area (Å²) in [4.78, 5) is 26.5. The van der Waals surface area contributed by atoms with Gasteiger partial charge < -0.3 is 19.7 Å². The van der Waals surface area contributed by atoms with E-state index >= 15 is 0 Å². The van der Waals surface area contributed by atoms with Gasteiger partial charge in [0.25, 0.3) is 15.9 Å². The number of carbonyl (C=O) groups is 2. The Morgan fingerprint density at radius 2 is 2.03 bits per heavy atom. The normalized spacial score (nSPS) is 18.4. The fourth-order valence-electron chi connectivity index (χ4n) is 4.03. The van der Waals surface area contributed by atoms with Crippen molar-refractivity contribution in [3.63, 3.8) is 0 Å². The molecule has 2 aromatic carbocycles. The van der Waals surface area contributed by atoms with Crippen LogP contribution in [0, 0.1) is 0 Å². The Morgan fingerprint density at radius 3 is 2.73 bits per heavy atom. The first-order chi connectivity index (χ1) is 15.9. The SMILES string of the molecule is COc1ccc(S(=O)(=O)Nc2ccccc2C(=O)NCC2CCCO2)cc1N1CCCC1=O. The Morgan fingerprint density at radius 1 is 1.21 bits per heavy atom. The van der Waals surface area contributed by atoms with Crippen molar-refractivity contribution in [3.05, 3.63) is 48.0 Å². The Labute approximate surface area is 193 Å². The number of nitrogens with one attached hydrogen (secondary N) is 2. The summed E-state index contributed by atoms with van der Waals surface area (Å²) in [6.45, 7) is 1.55. The van der Waals surface area contributed by atoms with Gasteiger partial charge in [0.15, 0.2) is 0 Å². The topological polar surface area (TPSA) is 114 Å². The third kappa shape index (κ3) is 5.12. The molecule has 2 N–H and O–H groups in total. The van der Waals surface area contributed by atoms with Crippen molar-refractivity contribution >= 4 is 33.2 Å². The average Bonchev–Trinajstić information content (AvgIpc) is 3.49. The van der Waals surface area contributed by atoms with E-state index in [4.69, 9.17) is 9.47 Å². The largest absolute Gasteiger partial charge is 0.495 e. The van der Waals surface area contributed by atoms with Gasteiger partial charge in [0.1, 0.15) is 5.75 Å². The molecule has 2 heterocycles. The number of methoxy groups -OCH3 is 1. The maximum Gasteiger partial charge on any atom is 0.261 e. The lowest BCUT2D eigenvalue weighted by molar-refractivity contribution is -0.117. The van der Waals surface area contributed by atoms with Gasteiger partial charge in [0.05, 0.1) is 35.0 Å². The lowest BCUT2D eigenvalue weighted by Crippen LogP contribution is -2.32. The van der Waals surface area contributed by atoms with Crippen molar-refractivity contribution in [1.82, 2.24) is 5.32 Å². The van der Waals surface area contributed by atoms with Gasteiger partial charge in [-0.15, -0.1) is 0 Å².